The van der Waals surface area contributed by atoms with Crippen molar-refractivity contribution in [3.8, 4) is 5.75 Å². The Morgan fingerprint density at radius 2 is 2.08 bits per heavy atom. The molecule has 0 saturated carbocycles. The molecule has 0 aliphatic carbocycles. The number of benzene rings is 1. The van der Waals surface area contributed by atoms with Gasteiger partial charge in [0.25, 0.3) is 0 Å². The van der Waals surface area contributed by atoms with Crippen molar-refractivity contribution in [2.75, 3.05) is 24.7 Å². The molecule has 2 aliphatic heterocycles. The molecule has 0 bridgehead atoms. The van der Waals surface area contributed by atoms with Crippen LogP contribution in [0.2, 0.25) is 0 Å². The van der Waals surface area contributed by atoms with E-state index in [1.807, 2.05) is 4.90 Å². The van der Waals surface area contributed by atoms with Gasteiger partial charge in [0, 0.05) is 19.3 Å². The first-order valence-electron chi connectivity index (χ1n) is 8.11. The summed E-state index contributed by atoms with van der Waals surface area (Å²) in [5.41, 5.74) is -0.692. The van der Waals surface area contributed by atoms with Crippen LogP contribution in [0.1, 0.15) is 23.2 Å². The number of rotatable bonds is 3. The standard InChI is InChI=1S/C17H16F2N2O4/c18-6-9-7-21-8-11(17(23)24)15(22)10-5-12(19)14(16(25-9)13(10)21)20-3-1-2-4-20/h5,8-9H,1-4,6-7H2,(H,23,24). The second-order valence-electron chi connectivity index (χ2n) is 6.35. The molecule has 0 amide bonds. The lowest BCUT2D eigenvalue weighted by atomic mass is 10.1. The number of carboxylic acids is 1. The first kappa shape index (κ1) is 15.9. The number of nitrogens with zero attached hydrogens (tertiary/aromatic N) is 2. The first-order valence-corrected chi connectivity index (χ1v) is 8.11. The third-order valence-electron chi connectivity index (χ3n) is 4.75. The van der Waals surface area contributed by atoms with Crippen LogP contribution in [0, 0.1) is 5.82 Å². The van der Waals surface area contributed by atoms with Gasteiger partial charge in [-0.05, 0) is 18.9 Å². The number of anilines is 1. The molecule has 8 heteroatoms. The van der Waals surface area contributed by atoms with Crippen LogP contribution >= 0.6 is 0 Å². The molecule has 1 saturated heterocycles. The number of pyridine rings is 1. The maximum absolute atomic E-state index is 14.8. The van der Waals surface area contributed by atoms with Crippen molar-refractivity contribution in [3.63, 3.8) is 0 Å². The Labute approximate surface area is 141 Å². The summed E-state index contributed by atoms with van der Waals surface area (Å²) in [5, 5.41) is 9.17. The zero-order valence-corrected chi connectivity index (χ0v) is 13.3. The van der Waals surface area contributed by atoms with Gasteiger partial charge in [-0.2, -0.15) is 0 Å². The molecule has 2 aromatic rings. The summed E-state index contributed by atoms with van der Waals surface area (Å²) >= 11 is 0. The lowest BCUT2D eigenvalue weighted by Crippen LogP contribution is -2.33. The van der Waals surface area contributed by atoms with E-state index in [-0.39, 0.29) is 23.4 Å². The van der Waals surface area contributed by atoms with E-state index in [1.54, 1.807) is 0 Å². The third-order valence-corrected chi connectivity index (χ3v) is 4.75. The number of halogens is 2. The van der Waals surface area contributed by atoms with Crippen molar-refractivity contribution in [3.05, 3.63) is 33.9 Å². The molecule has 25 heavy (non-hydrogen) atoms. The highest BCUT2D eigenvalue weighted by Gasteiger charge is 2.31. The number of alkyl halides is 1. The largest absolute Gasteiger partial charge is 0.481 e. The molecular formula is C17H16F2N2O4. The van der Waals surface area contributed by atoms with Crippen LogP contribution in [0.3, 0.4) is 0 Å². The number of aromatic carboxylic acids is 1. The Kier molecular flexibility index (Phi) is 3.63. The van der Waals surface area contributed by atoms with Crippen LogP contribution in [0.5, 0.6) is 5.75 Å². The minimum absolute atomic E-state index is 0.0611. The molecule has 1 aromatic carbocycles. The first-order chi connectivity index (χ1) is 12.0. The summed E-state index contributed by atoms with van der Waals surface area (Å²) in [6, 6.07) is 1.07. The maximum Gasteiger partial charge on any atom is 0.341 e. The van der Waals surface area contributed by atoms with Gasteiger partial charge >= 0.3 is 5.97 Å². The molecule has 0 spiro atoms. The van der Waals surface area contributed by atoms with Gasteiger partial charge in [0.1, 0.15) is 24.0 Å². The van der Waals surface area contributed by atoms with Crippen LogP contribution < -0.4 is 15.1 Å². The van der Waals surface area contributed by atoms with E-state index < -0.39 is 35.6 Å². The summed E-state index contributed by atoms with van der Waals surface area (Å²) in [4.78, 5) is 25.6. The molecule has 2 aliphatic rings. The molecule has 0 radical (unpaired) electrons. The van der Waals surface area contributed by atoms with E-state index in [0.29, 0.717) is 18.6 Å². The molecule has 1 aromatic heterocycles. The summed E-state index contributed by atoms with van der Waals surface area (Å²) in [6.45, 7) is 0.560. The van der Waals surface area contributed by atoms with Crippen molar-refractivity contribution in [1.29, 1.82) is 0 Å². The van der Waals surface area contributed by atoms with Gasteiger partial charge in [0.05, 0.1) is 17.4 Å². The molecule has 1 fully saturated rings. The second-order valence-corrected chi connectivity index (χ2v) is 6.35. The van der Waals surface area contributed by atoms with Crippen molar-refractivity contribution in [2.24, 2.45) is 0 Å². The normalized spacial score (nSPS) is 19.3. The van der Waals surface area contributed by atoms with E-state index >= 15 is 0 Å². The molecule has 1 atom stereocenters. The molecule has 132 valence electrons. The van der Waals surface area contributed by atoms with Crippen molar-refractivity contribution in [2.45, 2.75) is 25.5 Å². The Morgan fingerprint density at radius 1 is 1.36 bits per heavy atom. The van der Waals surface area contributed by atoms with Gasteiger partial charge in [-0.3, -0.25) is 4.79 Å². The van der Waals surface area contributed by atoms with Gasteiger partial charge in [-0.15, -0.1) is 0 Å². The number of aromatic nitrogens is 1. The average Bonchev–Trinajstić information content (AvgIpc) is 3.10. The fraction of sp³-hybridized carbons (Fsp3) is 0.412. The topological polar surface area (TPSA) is 71.8 Å². The van der Waals surface area contributed by atoms with Gasteiger partial charge in [0.15, 0.2) is 11.6 Å². The monoisotopic (exact) mass is 350 g/mol. The highest BCUT2D eigenvalue weighted by atomic mass is 19.1. The molecular weight excluding hydrogens is 334 g/mol. The van der Waals surface area contributed by atoms with Gasteiger partial charge < -0.3 is 19.3 Å². The minimum Gasteiger partial charge on any atom is -0.481 e. The number of ether oxygens (including phenoxy) is 1. The van der Waals surface area contributed by atoms with E-state index in [4.69, 9.17) is 4.74 Å². The fourth-order valence-electron chi connectivity index (χ4n) is 3.64. The molecule has 6 nitrogen and oxygen atoms in total. The Balaban J connectivity index is 2.07. The van der Waals surface area contributed by atoms with Crippen LogP contribution in [0.25, 0.3) is 10.9 Å². The van der Waals surface area contributed by atoms with Gasteiger partial charge in [-0.25, -0.2) is 13.6 Å². The molecule has 3 heterocycles. The smallest absolute Gasteiger partial charge is 0.341 e. The van der Waals surface area contributed by atoms with E-state index in [1.165, 1.54) is 10.8 Å². The highest BCUT2D eigenvalue weighted by molar-refractivity contribution is 5.97. The van der Waals surface area contributed by atoms with Crippen LogP contribution in [-0.4, -0.2) is 41.5 Å². The van der Waals surface area contributed by atoms with Crippen molar-refractivity contribution < 1.29 is 23.4 Å². The summed E-state index contributed by atoms with van der Waals surface area (Å²) in [7, 11) is 0. The van der Waals surface area contributed by atoms with Crippen LogP contribution in [0.4, 0.5) is 14.5 Å². The quantitative estimate of drug-likeness (QED) is 0.919. The van der Waals surface area contributed by atoms with E-state index in [9.17, 15) is 23.5 Å². The third kappa shape index (κ3) is 2.35. The summed E-state index contributed by atoms with van der Waals surface area (Å²) in [6.07, 6.45) is 2.15. The lowest BCUT2D eigenvalue weighted by Gasteiger charge is -2.31. The number of carboxylic acid groups (broad SMARTS) is 1. The molecule has 1 N–H and O–H groups in total. The van der Waals surface area contributed by atoms with Gasteiger partial charge in [-0.1, -0.05) is 0 Å². The predicted molar refractivity (Wildman–Crippen MR) is 87.0 cm³/mol. The zero-order valence-electron chi connectivity index (χ0n) is 13.3. The highest BCUT2D eigenvalue weighted by Crippen LogP contribution is 2.42. The Bertz CT molecular complexity index is 935. The minimum atomic E-state index is -1.40. The SMILES string of the molecule is O=C(O)c1cn2c3c(c(N4CCCC4)c(F)cc3c1=O)OC(CF)C2. The second kappa shape index (κ2) is 5.72. The lowest BCUT2D eigenvalue weighted by molar-refractivity contribution is 0.0693. The number of hydrogen-bond donors (Lipinski definition) is 1. The summed E-state index contributed by atoms with van der Waals surface area (Å²) < 4.78 is 35.2. The Hall–Kier alpha value is -2.64. The summed E-state index contributed by atoms with van der Waals surface area (Å²) in [5.74, 6) is -1.93. The van der Waals surface area contributed by atoms with Crippen LogP contribution in [-0.2, 0) is 6.54 Å². The van der Waals surface area contributed by atoms with Crippen molar-refractivity contribution in [1.82, 2.24) is 4.57 Å². The number of hydrogen-bond acceptors (Lipinski definition) is 4. The van der Waals surface area contributed by atoms with E-state index in [0.717, 1.165) is 18.9 Å². The van der Waals surface area contributed by atoms with E-state index in [2.05, 4.69) is 0 Å². The predicted octanol–water partition coefficient (Wildman–Crippen LogP) is 2.17. The number of carbonyl (C=O) groups is 1. The van der Waals surface area contributed by atoms with Gasteiger partial charge in [0.2, 0.25) is 5.43 Å². The maximum atomic E-state index is 14.8. The molecule has 1 unspecified atom stereocenters. The molecule has 4 rings (SSSR count). The Morgan fingerprint density at radius 3 is 2.72 bits per heavy atom. The fourth-order valence-corrected chi connectivity index (χ4v) is 3.64. The van der Waals surface area contributed by atoms with Crippen molar-refractivity contribution >= 4 is 22.6 Å². The average molecular weight is 350 g/mol. The van der Waals surface area contributed by atoms with Crippen LogP contribution in [0.15, 0.2) is 17.1 Å². The zero-order chi connectivity index (χ0) is 17.7.